The van der Waals surface area contributed by atoms with E-state index in [2.05, 4.69) is 5.32 Å². The molecule has 7 nitrogen and oxygen atoms in total. The Kier molecular flexibility index (Phi) is 5.73. The number of hydrogen-bond acceptors (Lipinski definition) is 4. The lowest BCUT2D eigenvalue weighted by molar-refractivity contribution is -0.133. The van der Waals surface area contributed by atoms with E-state index < -0.39 is 0 Å². The van der Waals surface area contributed by atoms with E-state index in [1.165, 1.54) is 28.8 Å². The van der Waals surface area contributed by atoms with Gasteiger partial charge in [-0.3, -0.25) is 14.4 Å². The van der Waals surface area contributed by atoms with Gasteiger partial charge in [-0.1, -0.05) is 12.1 Å². The van der Waals surface area contributed by atoms with Crippen LogP contribution in [-0.2, 0) is 16.1 Å². The molecule has 0 spiro atoms. The van der Waals surface area contributed by atoms with Crippen LogP contribution in [0, 0.1) is 0 Å². The van der Waals surface area contributed by atoms with Crippen LogP contribution in [0.3, 0.4) is 0 Å². The van der Waals surface area contributed by atoms with Crippen LogP contribution in [0.25, 0.3) is 0 Å². The minimum absolute atomic E-state index is 0.109. The monoisotopic (exact) mass is 329 g/mol. The molecule has 1 N–H and O–H groups in total. The van der Waals surface area contributed by atoms with Crippen molar-refractivity contribution in [2.75, 3.05) is 26.0 Å². The molecule has 0 radical (unpaired) electrons. The normalized spacial score (nSPS) is 10.1. The lowest BCUT2D eigenvalue weighted by Gasteiger charge is -2.17. The zero-order valence-electron chi connectivity index (χ0n) is 13.6. The third-order valence-corrected chi connectivity index (χ3v) is 3.36. The minimum Gasteiger partial charge on any atom is -0.497 e. The second-order valence-corrected chi connectivity index (χ2v) is 5.20. The number of ether oxygens (including phenoxy) is 1. The van der Waals surface area contributed by atoms with Crippen molar-refractivity contribution in [2.45, 2.75) is 6.54 Å². The zero-order valence-corrected chi connectivity index (χ0v) is 13.6. The molecule has 1 aromatic carbocycles. The summed E-state index contributed by atoms with van der Waals surface area (Å²) in [4.78, 5) is 37.0. The van der Waals surface area contributed by atoms with Crippen molar-refractivity contribution >= 4 is 17.5 Å². The first-order valence-corrected chi connectivity index (χ1v) is 7.33. The number of nitrogens with zero attached hydrogens (tertiary/aromatic N) is 2. The van der Waals surface area contributed by atoms with Crippen molar-refractivity contribution in [3.8, 4) is 5.75 Å². The third kappa shape index (κ3) is 4.70. The molecule has 0 fully saturated rings. The van der Waals surface area contributed by atoms with Crippen LogP contribution in [0.2, 0.25) is 0 Å². The zero-order chi connectivity index (χ0) is 17.5. The Balaban J connectivity index is 1.92. The molecule has 7 heteroatoms. The predicted molar refractivity (Wildman–Crippen MR) is 90.0 cm³/mol. The highest BCUT2D eigenvalue weighted by Crippen LogP contribution is 2.16. The van der Waals surface area contributed by atoms with Crippen molar-refractivity contribution in [1.82, 2.24) is 9.47 Å². The van der Waals surface area contributed by atoms with Crippen molar-refractivity contribution in [3.05, 3.63) is 59.0 Å². The lowest BCUT2D eigenvalue weighted by Crippen LogP contribution is -2.38. The van der Waals surface area contributed by atoms with Crippen LogP contribution in [0.4, 0.5) is 5.69 Å². The van der Waals surface area contributed by atoms with Gasteiger partial charge in [-0.15, -0.1) is 0 Å². The first kappa shape index (κ1) is 17.3. The standard InChI is InChI=1S/C17H19N3O4/c1-19(17(23)12-20-9-4-3-8-16(20)22)11-15(21)18-13-6-5-7-14(10-13)24-2/h3-10H,11-12H2,1-2H3,(H,18,21). The maximum Gasteiger partial charge on any atom is 0.250 e. The van der Waals surface area contributed by atoms with Gasteiger partial charge < -0.3 is 19.5 Å². The van der Waals surface area contributed by atoms with E-state index in [0.29, 0.717) is 11.4 Å². The van der Waals surface area contributed by atoms with E-state index >= 15 is 0 Å². The molecule has 0 atom stereocenters. The van der Waals surface area contributed by atoms with Gasteiger partial charge in [-0.25, -0.2) is 0 Å². The molecule has 0 aliphatic carbocycles. The second kappa shape index (κ2) is 7.96. The summed E-state index contributed by atoms with van der Waals surface area (Å²) in [7, 11) is 3.06. The van der Waals surface area contributed by atoms with Crippen LogP contribution in [-0.4, -0.2) is 42.0 Å². The molecule has 2 amide bonds. The Labute approximate surface area is 139 Å². The maximum absolute atomic E-state index is 12.1. The molecule has 0 aliphatic heterocycles. The Morgan fingerprint density at radius 2 is 2.00 bits per heavy atom. The van der Waals surface area contributed by atoms with Crippen molar-refractivity contribution in [1.29, 1.82) is 0 Å². The average Bonchev–Trinajstić information content (AvgIpc) is 2.56. The minimum atomic E-state index is -0.334. The fourth-order valence-electron chi connectivity index (χ4n) is 2.06. The van der Waals surface area contributed by atoms with E-state index in [9.17, 15) is 14.4 Å². The van der Waals surface area contributed by atoms with Crippen LogP contribution >= 0.6 is 0 Å². The fourth-order valence-corrected chi connectivity index (χ4v) is 2.06. The van der Waals surface area contributed by atoms with Gasteiger partial charge >= 0.3 is 0 Å². The number of hydrogen-bond donors (Lipinski definition) is 1. The number of nitrogens with one attached hydrogen (secondary N) is 1. The fraction of sp³-hybridized carbons (Fsp3) is 0.235. The molecule has 0 saturated carbocycles. The molecule has 126 valence electrons. The molecular formula is C17H19N3O4. The summed E-state index contributed by atoms with van der Waals surface area (Å²) in [6, 6.07) is 11.6. The molecule has 0 bridgehead atoms. The number of likely N-dealkylation sites (N-methyl/N-ethyl adjacent to an activating group) is 1. The van der Waals surface area contributed by atoms with Gasteiger partial charge in [0.15, 0.2) is 0 Å². The molecule has 1 aromatic heterocycles. The summed E-state index contributed by atoms with van der Waals surface area (Å²) in [6.45, 7) is -0.222. The number of anilines is 1. The molecule has 2 rings (SSSR count). The van der Waals surface area contributed by atoms with Crippen LogP contribution in [0.1, 0.15) is 0 Å². The number of carbonyl (C=O) groups is 2. The number of amides is 2. The van der Waals surface area contributed by atoms with Crippen LogP contribution < -0.4 is 15.6 Å². The molecule has 24 heavy (non-hydrogen) atoms. The summed E-state index contributed by atoms with van der Waals surface area (Å²) < 4.78 is 6.38. The highest BCUT2D eigenvalue weighted by molar-refractivity contribution is 5.94. The smallest absolute Gasteiger partial charge is 0.250 e. The number of carbonyl (C=O) groups excluding carboxylic acids is 2. The number of pyridine rings is 1. The molecule has 2 aromatic rings. The molecular weight excluding hydrogens is 310 g/mol. The highest BCUT2D eigenvalue weighted by Gasteiger charge is 2.14. The van der Waals surface area contributed by atoms with E-state index in [1.54, 1.807) is 43.5 Å². The number of methoxy groups -OCH3 is 1. The molecule has 1 heterocycles. The Bertz CT molecular complexity index is 785. The van der Waals surface area contributed by atoms with Gasteiger partial charge in [-0.05, 0) is 18.2 Å². The predicted octanol–water partition coefficient (Wildman–Crippen LogP) is 0.954. The Hall–Kier alpha value is -3.09. The Morgan fingerprint density at radius 1 is 1.21 bits per heavy atom. The van der Waals surface area contributed by atoms with Gasteiger partial charge in [0.1, 0.15) is 12.3 Å². The Morgan fingerprint density at radius 3 is 2.71 bits per heavy atom. The lowest BCUT2D eigenvalue weighted by atomic mass is 10.3. The molecule has 0 saturated heterocycles. The van der Waals surface area contributed by atoms with Crippen LogP contribution in [0.15, 0.2) is 53.5 Å². The molecule has 0 unspecified atom stereocenters. The topological polar surface area (TPSA) is 80.6 Å². The largest absolute Gasteiger partial charge is 0.497 e. The van der Waals surface area contributed by atoms with E-state index in [-0.39, 0.29) is 30.5 Å². The first-order chi connectivity index (χ1) is 11.5. The first-order valence-electron chi connectivity index (χ1n) is 7.33. The van der Waals surface area contributed by atoms with E-state index in [1.807, 2.05) is 0 Å². The number of rotatable bonds is 6. The quantitative estimate of drug-likeness (QED) is 0.856. The van der Waals surface area contributed by atoms with Crippen molar-refractivity contribution < 1.29 is 14.3 Å². The third-order valence-electron chi connectivity index (χ3n) is 3.36. The van der Waals surface area contributed by atoms with Crippen molar-refractivity contribution in [3.63, 3.8) is 0 Å². The van der Waals surface area contributed by atoms with Gasteiger partial charge in [-0.2, -0.15) is 0 Å². The summed E-state index contributed by atoms with van der Waals surface area (Å²) in [5.74, 6) is -0.0377. The number of aromatic nitrogens is 1. The maximum atomic E-state index is 12.1. The van der Waals surface area contributed by atoms with Gasteiger partial charge in [0.25, 0.3) is 5.56 Å². The summed E-state index contributed by atoms with van der Waals surface area (Å²) in [6.07, 6.45) is 1.53. The summed E-state index contributed by atoms with van der Waals surface area (Å²) in [5, 5.41) is 2.70. The number of benzene rings is 1. The highest BCUT2D eigenvalue weighted by atomic mass is 16.5. The second-order valence-electron chi connectivity index (χ2n) is 5.20. The van der Waals surface area contributed by atoms with Crippen molar-refractivity contribution in [2.24, 2.45) is 0 Å². The van der Waals surface area contributed by atoms with Gasteiger partial charge in [0, 0.05) is 31.1 Å². The average molecular weight is 329 g/mol. The van der Waals surface area contributed by atoms with E-state index in [4.69, 9.17) is 4.74 Å². The summed E-state index contributed by atoms with van der Waals surface area (Å²) in [5.41, 5.74) is 0.319. The summed E-state index contributed by atoms with van der Waals surface area (Å²) >= 11 is 0. The SMILES string of the molecule is COc1cccc(NC(=O)CN(C)C(=O)Cn2ccccc2=O)c1. The van der Waals surface area contributed by atoms with Gasteiger partial charge in [0.05, 0.1) is 13.7 Å². The van der Waals surface area contributed by atoms with Crippen LogP contribution in [0.5, 0.6) is 5.75 Å². The van der Waals surface area contributed by atoms with E-state index in [0.717, 1.165) is 0 Å². The molecule has 0 aliphatic rings. The van der Waals surface area contributed by atoms with Gasteiger partial charge in [0.2, 0.25) is 11.8 Å².